The third-order valence-corrected chi connectivity index (χ3v) is 5.77. The number of carbonyl (C=O) groups excluding carboxylic acids is 1. The summed E-state index contributed by atoms with van der Waals surface area (Å²) in [6, 6.07) is 16.1. The topological polar surface area (TPSA) is 62.5 Å². The molecule has 7 heteroatoms. The van der Waals surface area contributed by atoms with Crippen LogP contribution in [0.1, 0.15) is 48.4 Å². The lowest BCUT2D eigenvalue weighted by atomic mass is 10.1. The second kappa shape index (κ2) is 9.17. The maximum absolute atomic E-state index is 13.3. The predicted octanol–water partition coefficient (Wildman–Crippen LogP) is 5.44. The Morgan fingerprint density at radius 3 is 2.59 bits per heavy atom. The fourth-order valence-electron chi connectivity index (χ4n) is 4.07. The first kappa shape index (κ1) is 22.1. The van der Waals surface area contributed by atoms with Crippen LogP contribution in [0.3, 0.4) is 0 Å². The lowest BCUT2D eigenvalue weighted by molar-refractivity contribution is 0.0651. The summed E-state index contributed by atoms with van der Waals surface area (Å²) in [6.45, 7) is 11.6. The SMILES string of the molecule is C=NCc1ccc(CN2C[C@H](C)n3nc(-c4ccc(Cl)cc4NC(C)C)cc3C2=O)cc1. The molecule has 2 heterocycles. The number of aromatic nitrogens is 2. The number of fused-ring (bicyclic) bond motifs is 1. The average Bonchev–Trinajstić information content (AvgIpc) is 3.19. The number of benzene rings is 2. The maximum Gasteiger partial charge on any atom is 0.272 e. The first-order valence-corrected chi connectivity index (χ1v) is 11.2. The van der Waals surface area contributed by atoms with Crippen molar-refractivity contribution in [2.45, 2.75) is 45.9 Å². The number of nitrogens with one attached hydrogen (secondary N) is 1. The average molecular weight is 450 g/mol. The molecule has 0 spiro atoms. The number of halogens is 1. The van der Waals surface area contributed by atoms with Gasteiger partial charge < -0.3 is 10.2 Å². The molecular weight excluding hydrogens is 422 g/mol. The summed E-state index contributed by atoms with van der Waals surface area (Å²) in [5.41, 5.74) is 5.42. The fraction of sp³-hybridized carbons (Fsp3) is 0.320. The van der Waals surface area contributed by atoms with Crippen molar-refractivity contribution in [1.29, 1.82) is 0 Å². The van der Waals surface area contributed by atoms with Crippen molar-refractivity contribution in [2.24, 2.45) is 4.99 Å². The van der Waals surface area contributed by atoms with Crippen LogP contribution in [0.4, 0.5) is 5.69 Å². The molecule has 1 aromatic heterocycles. The van der Waals surface area contributed by atoms with Gasteiger partial charge in [0, 0.05) is 35.4 Å². The Labute approximate surface area is 193 Å². The minimum Gasteiger partial charge on any atom is -0.382 e. The van der Waals surface area contributed by atoms with Crippen LogP contribution in [-0.4, -0.2) is 39.9 Å². The van der Waals surface area contributed by atoms with E-state index in [4.69, 9.17) is 16.7 Å². The summed E-state index contributed by atoms with van der Waals surface area (Å²) in [6.07, 6.45) is 0. The van der Waals surface area contributed by atoms with E-state index in [1.165, 1.54) is 0 Å². The Bertz CT molecular complexity index is 1140. The zero-order valence-electron chi connectivity index (χ0n) is 18.7. The Morgan fingerprint density at radius 2 is 1.91 bits per heavy atom. The highest BCUT2D eigenvalue weighted by Gasteiger charge is 2.31. The van der Waals surface area contributed by atoms with Crippen molar-refractivity contribution in [3.63, 3.8) is 0 Å². The van der Waals surface area contributed by atoms with Gasteiger partial charge in [-0.1, -0.05) is 35.9 Å². The molecule has 0 saturated carbocycles. The predicted molar refractivity (Wildman–Crippen MR) is 131 cm³/mol. The van der Waals surface area contributed by atoms with E-state index in [1.54, 1.807) is 0 Å². The number of amides is 1. The molecule has 1 atom stereocenters. The van der Waals surface area contributed by atoms with E-state index in [0.717, 1.165) is 28.1 Å². The molecule has 1 aliphatic rings. The highest BCUT2D eigenvalue weighted by Crippen LogP contribution is 2.33. The molecule has 1 amide bonds. The van der Waals surface area contributed by atoms with Gasteiger partial charge in [-0.25, -0.2) is 0 Å². The summed E-state index contributed by atoms with van der Waals surface area (Å²) < 4.78 is 1.85. The fourth-order valence-corrected chi connectivity index (χ4v) is 4.24. The Kier molecular flexibility index (Phi) is 6.33. The van der Waals surface area contributed by atoms with Gasteiger partial charge in [-0.15, -0.1) is 0 Å². The van der Waals surface area contributed by atoms with Gasteiger partial charge in [0.2, 0.25) is 0 Å². The Balaban J connectivity index is 1.61. The zero-order chi connectivity index (χ0) is 22.8. The third-order valence-electron chi connectivity index (χ3n) is 5.54. The Morgan fingerprint density at radius 1 is 1.19 bits per heavy atom. The molecular formula is C25H28ClN5O. The maximum atomic E-state index is 13.3. The highest BCUT2D eigenvalue weighted by atomic mass is 35.5. The van der Waals surface area contributed by atoms with E-state index in [9.17, 15) is 4.79 Å². The quantitative estimate of drug-likeness (QED) is 0.488. The number of aliphatic imine (C=N–C) groups is 1. The molecule has 1 N–H and O–H groups in total. The van der Waals surface area contributed by atoms with E-state index >= 15 is 0 Å². The van der Waals surface area contributed by atoms with Crippen LogP contribution in [0.2, 0.25) is 5.02 Å². The van der Waals surface area contributed by atoms with E-state index < -0.39 is 0 Å². The van der Waals surface area contributed by atoms with Crippen LogP contribution in [-0.2, 0) is 13.1 Å². The largest absolute Gasteiger partial charge is 0.382 e. The van der Waals surface area contributed by atoms with Gasteiger partial charge in [-0.2, -0.15) is 5.10 Å². The van der Waals surface area contributed by atoms with E-state index in [2.05, 4.69) is 37.8 Å². The van der Waals surface area contributed by atoms with Crippen molar-refractivity contribution >= 4 is 29.9 Å². The minimum atomic E-state index is -0.00832. The molecule has 0 aliphatic carbocycles. The van der Waals surface area contributed by atoms with Crippen molar-refractivity contribution < 1.29 is 4.79 Å². The summed E-state index contributed by atoms with van der Waals surface area (Å²) >= 11 is 6.22. The van der Waals surface area contributed by atoms with E-state index in [1.807, 2.05) is 58.1 Å². The van der Waals surface area contributed by atoms with Crippen LogP contribution in [0.15, 0.2) is 53.5 Å². The van der Waals surface area contributed by atoms with Crippen LogP contribution < -0.4 is 5.32 Å². The molecule has 166 valence electrons. The first-order chi connectivity index (χ1) is 15.4. The van der Waals surface area contributed by atoms with Gasteiger partial charge in [0.15, 0.2) is 0 Å². The number of anilines is 1. The number of hydrogen-bond donors (Lipinski definition) is 1. The highest BCUT2D eigenvalue weighted by molar-refractivity contribution is 6.31. The van der Waals surface area contributed by atoms with Crippen molar-refractivity contribution in [2.75, 3.05) is 11.9 Å². The lowest BCUT2D eigenvalue weighted by Crippen LogP contribution is -2.41. The molecule has 2 aromatic carbocycles. The first-order valence-electron chi connectivity index (χ1n) is 10.8. The third kappa shape index (κ3) is 4.55. The second-order valence-electron chi connectivity index (χ2n) is 8.58. The summed E-state index contributed by atoms with van der Waals surface area (Å²) in [7, 11) is 0. The number of carbonyl (C=O) groups is 1. The molecule has 0 saturated heterocycles. The molecule has 1 aliphatic heterocycles. The molecule has 0 radical (unpaired) electrons. The number of nitrogens with zero attached hydrogens (tertiary/aromatic N) is 4. The van der Waals surface area contributed by atoms with E-state index in [0.29, 0.717) is 30.4 Å². The summed E-state index contributed by atoms with van der Waals surface area (Å²) in [5.74, 6) is -0.00832. The molecule has 0 fully saturated rings. The van der Waals surface area contributed by atoms with Gasteiger partial charge in [0.1, 0.15) is 5.69 Å². The zero-order valence-corrected chi connectivity index (χ0v) is 19.4. The smallest absolute Gasteiger partial charge is 0.272 e. The van der Waals surface area contributed by atoms with Crippen molar-refractivity contribution in [1.82, 2.24) is 14.7 Å². The van der Waals surface area contributed by atoms with Gasteiger partial charge in [-0.3, -0.25) is 14.5 Å². The minimum absolute atomic E-state index is 0.00832. The molecule has 0 unspecified atom stereocenters. The monoisotopic (exact) mass is 449 g/mol. The summed E-state index contributed by atoms with van der Waals surface area (Å²) in [4.78, 5) is 19.1. The lowest BCUT2D eigenvalue weighted by Gasteiger charge is -2.31. The van der Waals surface area contributed by atoms with E-state index in [-0.39, 0.29) is 18.0 Å². The van der Waals surface area contributed by atoms with Crippen molar-refractivity contribution in [3.05, 3.63) is 70.4 Å². The molecule has 0 bridgehead atoms. The molecule has 6 nitrogen and oxygen atoms in total. The molecule has 4 rings (SSSR count). The normalized spacial score (nSPS) is 15.7. The van der Waals surface area contributed by atoms with Crippen LogP contribution in [0, 0.1) is 0 Å². The van der Waals surface area contributed by atoms with Gasteiger partial charge in [0.25, 0.3) is 5.91 Å². The Hall–Kier alpha value is -3.12. The number of hydrogen-bond acceptors (Lipinski definition) is 4. The van der Waals surface area contributed by atoms with Gasteiger partial charge in [0.05, 0.1) is 18.3 Å². The van der Waals surface area contributed by atoms with Crippen LogP contribution in [0.5, 0.6) is 0 Å². The molecule has 32 heavy (non-hydrogen) atoms. The standard InChI is InChI=1S/C25H28ClN5O/c1-16(2)28-22-11-20(26)9-10-21(22)23-12-24-25(32)30(14-17(3)31(24)29-23)15-19-7-5-18(6-8-19)13-27-4/h5-12,16-17,28H,4,13-15H2,1-3H3/t17-/m0/s1. The van der Waals surface area contributed by atoms with Crippen LogP contribution in [0.25, 0.3) is 11.3 Å². The second-order valence-corrected chi connectivity index (χ2v) is 9.02. The van der Waals surface area contributed by atoms with Gasteiger partial charge >= 0.3 is 0 Å². The molecule has 3 aromatic rings. The van der Waals surface area contributed by atoms with Gasteiger partial charge in [-0.05, 0) is 62.9 Å². The summed E-state index contributed by atoms with van der Waals surface area (Å²) in [5, 5.41) is 8.88. The van der Waals surface area contributed by atoms with Crippen LogP contribution >= 0.6 is 11.6 Å². The number of rotatable bonds is 7. The van der Waals surface area contributed by atoms with Crippen molar-refractivity contribution in [3.8, 4) is 11.3 Å².